The molecule has 5 heteroatoms. The fraction of sp³-hybridized carbons (Fsp3) is 0.571. The predicted octanol–water partition coefficient (Wildman–Crippen LogP) is 1.80. The van der Waals surface area contributed by atoms with Gasteiger partial charge in [-0.25, -0.2) is 0 Å². The van der Waals surface area contributed by atoms with E-state index < -0.39 is 10.0 Å². The van der Waals surface area contributed by atoms with Crippen molar-refractivity contribution in [2.45, 2.75) is 25.7 Å². The van der Waals surface area contributed by atoms with Gasteiger partial charge in [0.25, 0.3) is 10.0 Å². The third kappa shape index (κ3) is 1.10. The summed E-state index contributed by atoms with van der Waals surface area (Å²) in [5, 5.41) is 0.185. The summed E-state index contributed by atoms with van der Waals surface area (Å²) in [6.45, 7) is 0. The molecular formula is C7H8ClNO2S. The number of rotatable bonds is 0. The van der Waals surface area contributed by atoms with Gasteiger partial charge in [0.2, 0.25) is 0 Å². The van der Waals surface area contributed by atoms with Crippen LogP contribution in [0.3, 0.4) is 0 Å². The van der Waals surface area contributed by atoms with Crippen LogP contribution >= 0.6 is 11.6 Å². The molecule has 66 valence electrons. The summed E-state index contributed by atoms with van der Waals surface area (Å²) in [5.41, 5.74) is 0.753. The predicted molar refractivity (Wildman–Crippen MR) is 47.7 cm³/mol. The Balaban J connectivity index is 2.57. The van der Waals surface area contributed by atoms with E-state index in [1.165, 1.54) is 0 Å². The van der Waals surface area contributed by atoms with Crippen LogP contribution in [0.4, 0.5) is 0 Å². The lowest BCUT2D eigenvalue weighted by Gasteiger charge is -2.10. The lowest BCUT2D eigenvalue weighted by Crippen LogP contribution is -2.03. The van der Waals surface area contributed by atoms with Gasteiger partial charge in [0.1, 0.15) is 5.17 Å². The van der Waals surface area contributed by atoms with Gasteiger partial charge in [-0.2, -0.15) is 8.42 Å². The van der Waals surface area contributed by atoms with Gasteiger partial charge in [-0.05, 0) is 25.7 Å². The van der Waals surface area contributed by atoms with Crippen molar-refractivity contribution in [1.82, 2.24) is 0 Å². The molecule has 0 N–H and O–H groups in total. The van der Waals surface area contributed by atoms with Crippen molar-refractivity contribution in [2.75, 3.05) is 0 Å². The van der Waals surface area contributed by atoms with E-state index in [1.807, 2.05) is 0 Å². The quantitative estimate of drug-likeness (QED) is 0.606. The lowest BCUT2D eigenvalue weighted by molar-refractivity contribution is 0.598. The summed E-state index contributed by atoms with van der Waals surface area (Å²) in [5.74, 6) is 0. The summed E-state index contributed by atoms with van der Waals surface area (Å²) >= 11 is 5.68. The molecule has 0 atom stereocenters. The van der Waals surface area contributed by atoms with Crippen LogP contribution < -0.4 is 0 Å². The zero-order valence-corrected chi connectivity index (χ0v) is 7.95. The van der Waals surface area contributed by atoms with Crippen LogP contribution in [0.5, 0.6) is 0 Å². The lowest BCUT2D eigenvalue weighted by atomic mass is 10.0. The topological polar surface area (TPSA) is 46.5 Å². The Morgan fingerprint density at radius 2 is 1.92 bits per heavy atom. The Morgan fingerprint density at radius 3 is 2.58 bits per heavy atom. The third-order valence-corrected chi connectivity index (χ3v) is 4.09. The van der Waals surface area contributed by atoms with Gasteiger partial charge >= 0.3 is 0 Å². The molecule has 0 amide bonds. The van der Waals surface area contributed by atoms with Gasteiger partial charge in [0, 0.05) is 5.57 Å². The molecule has 12 heavy (non-hydrogen) atoms. The van der Waals surface area contributed by atoms with E-state index in [4.69, 9.17) is 11.6 Å². The highest BCUT2D eigenvalue weighted by molar-refractivity contribution is 7.94. The smallest absolute Gasteiger partial charge is 0.200 e. The number of hydrogen-bond donors (Lipinski definition) is 0. The second kappa shape index (κ2) is 2.57. The second-order valence-electron chi connectivity index (χ2n) is 2.97. The van der Waals surface area contributed by atoms with Crippen molar-refractivity contribution in [3.63, 3.8) is 0 Å². The van der Waals surface area contributed by atoms with E-state index in [0.717, 1.165) is 24.8 Å². The molecule has 0 aromatic heterocycles. The van der Waals surface area contributed by atoms with Gasteiger partial charge in [-0.15, -0.1) is 4.40 Å². The van der Waals surface area contributed by atoms with Crippen molar-refractivity contribution in [3.05, 3.63) is 10.5 Å². The average Bonchev–Trinajstić information content (AvgIpc) is 2.25. The molecule has 0 bridgehead atoms. The minimum absolute atomic E-state index is 0.185. The molecule has 0 saturated carbocycles. The van der Waals surface area contributed by atoms with Crippen molar-refractivity contribution < 1.29 is 8.42 Å². The zero-order valence-electron chi connectivity index (χ0n) is 6.38. The van der Waals surface area contributed by atoms with Gasteiger partial charge in [-0.3, -0.25) is 0 Å². The number of hydrogen-bond acceptors (Lipinski definition) is 2. The molecule has 0 fully saturated rings. The average molecular weight is 206 g/mol. The van der Waals surface area contributed by atoms with Gasteiger partial charge in [0.05, 0.1) is 4.91 Å². The fourth-order valence-corrected chi connectivity index (χ4v) is 3.48. The summed E-state index contributed by atoms with van der Waals surface area (Å²) in [7, 11) is -3.36. The van der Waals surface area contributed by atoms with Crippen LogP contribution in [0.15, 0.2) is 14.9 Å². The van der Waals surface area contributed by atoms with Crippen LogP contribution in [0.1, 0.15) is 25.7 Å². The first kappa shape index (κ1) is 8.26. The minimum Gasteiger partial charge on any atom is -0.200 e. The van der Waals surface area contributed by atoms with Crippen LogP contribution in [-0.4, -0.2) is 13.6 Å². The standard InChI is InChI=1S/C7H8ClNO2S/c8-7-5-3-1-2-4-6(5)12(10,11)9-7/h1-4H2. The summed E-state index contributed by atoms with van der Waals surface area (Å²) < 4.78 is 26.0. The normalized spacial score (nSPS) is 26.9. The molecule has 3 nitrogen and oxygen atoms in total. The van der Waals surface area contributed by atoms with Gasteiger partial charge in [-0.1, -0.05) is 11.6 Å². The van der Waals surface area contributed by atoms with E-state index in [1.54, 1.807) is 0 Å². The molecule has 1 heterocycles. The third-order valence-electron chi connectivity index (χ3n) is 2.18. The molecule has 0 aromatic carbocycles. The highest BCUT2D eigenvalue weighted by Crippen LogP contribution is 2.36. The maximum atomic E-state index is 11.3. The molecule has 0 radical (unpaired) electrons. The molecule has 0 aromatic rings. The molecule has 1 aliphatic carbocycles. The van der Waals surface area contributed by atoms with E-state index in [9.17, 15) is 8.42 Å². The van der Waals surface area contributed by atoms with E-state index >= 15 is 0 Å². The minimum atomic E-state index is -3.36. The Morgan fingerprint density at radius 1 is 1.25 bits per heavy atom. The Kier molecular flexibility index (Phi) is 1.77. The maximum Gasteiger partial charge on any atom is 0.280 e. The summed E-state index contributed by atoms with van der Waals surface area (Å²) in [6, 6.07) is 0. The largest absolute Gasteiger partial charge is 0.280 e. The van der Waals surface area contributed by atoms with Gasteiger partial charge in [0.15, 0.2) is 0 Å². The monoisotopic (exact) mass is 205 g/mol. The van der Waals surface area contributed by atoms with Gasteiger partial charge < -0.3 is 0 Å². The number of sulfonamides is 1. The summed E-state index contributed by atoms with van der Waals surface area (Å²) in [4.78, 5) is 0.457. The SMILES string of the molecule is O=S1(=O)N=C(Cl)C2=C1CCCC2. The van der Waals surface area contributed by atoms with Crippen molar-refractivity contribution in [3.8, 4) is 0 Å². The van der Waals surface area contributed by atoms with Crippen LogP contribution in [0.25, 0.3) is 0 Å². The maximum absolute atomic E-state index is 11.3. The highest BCUT2D eigenvalue weighted by Gasteiger charge is 2.32. The number of allylic oxidation sites excluding steroid dienone is 2. The molecule has 0 unspecified atom stereocenters. The fourth-order valence-electron chi connectivity index (χ4n) is 1.60. The number of halogens is 1. The van der Waals surface area contributed by atoms with Crippen molar-refractivity contribution in [2.24, 2.45) is 4.40 Å². The second-order valence-corrected chi connectivity index (χ2v) is 4.95. The molecule has 2 rings (SSSR count). The zero-order chi connectivity index (χ0) is 8.77. The first-order valence-electron chi connectivity index (χ1n) is 3.84. The first-order chi connectivity index (χ1) is 5.61. The van der Waals surface area contributed by atoms with E-state index in [-0.39, 0.29) is 5.17 Å². The van der Waals surface area contributed by atoms with Crippen LogP contribution in [0.2, 0.25) is 0 Å². The molecule has 0 spiro atoms. The van der Waals surface area contributed by atoms with Crippen molar-refractivity contribution in [1.29, 1.82) is 0 Å². The Labute approximate surface area is 76.2 Å². The first-order valence-corrected chi connectivity index (χ1v) is 5.66. The Bertz CT molecular complexity index is 380. The van der Waals surface area contributed by atoms with E-state index in [2.05, 4.69) is 4.40 Å². The molecule has 2 aliphatic rings. The highest BCUT2D eigenvalue weighted by atomic mass is 35.5. The molecular weight excluding hydrogens is 198 g/mol. The van der Waals surface area contributed by atoms with Crippen molar-refractivity contribution >= 4 is 26.8 Å². The summed E-state index contributed by atoms with van der Waals surface area (Å²) in [6.07, 6.45) is 3.31. The molecule has 0 saturated heterocycles. The Hall–Kier alpha value is -0.350. The van der Waals surface area contributed by atoms with E-state index in [0.29, 0.717) is 11.3 Å². The molecule has 1 aliphatic heterocycles. The van der Waals surface area contributed by atoms with Crippen LogP contribution in [-0.2, 0) is 10.0 Å². The van der Waals surface area contributed by atoms with Crippen LogP contribution in [0, 0.1) is 0 Å². The number of nitrogens with zero attached hydrogens (tertiary/aromatic N) is 1.